The molecule has 2 aromatic carbocycles. The minimum Gasteiger partial charge on any atom is -0.355 e. The molecule has 2 amide bonds. The second kappa shape index (κ2) is 6.47. The first kappa shape index (κ1) is 15.6. The van der Waals surface area contributed by atoms with Gasteiger partial charge in [-0.3, -0.25) is 4.72 Å². The maximum absolute atomic E-state index is 13.1. The molecule has 1 heterocycles. The van der Waals surface area contributed by atoms with Crippen LogP contribution in [0.3, 0.4) is 0 Å². The van der Waals surface area contributed by atoms with Crippen molar-refractivity contribution in [2.45, 2.75) is 11.9 Å². The maximum atomic E-state index is 13.1. The molecule has 0 atom stereocenters. The lowest BCUT2D eigenvalue weighted by atomic mass is 10.2. The number of benzene rings is 2. The summed E-state index contributed by atoms with van der Waals surface area (Å²) in [4.78, 5) is 12.0. The Kier molecular flexibility index (Phi) is 4.40. The number of hydrogen-bond acceptors (Lipinski definition) is 4. The highest BCUT2D eigenvalue weighted by Crippen LogP contribution is 2.27. The van der Waals surface area contributed by atoms with Crippen LogP contribution in [0.2, 0.25) is 5.02 Å². The summed E-state index contributed by atoms with van der Waals surface area (Å²) >= 11 is 7.02. The molecular weight excluding hydrogens is 341 g/mol. The molecule has 0 aliphatic rings. The molecule has 0 radical (unpaired) electrons. The number of nitrogens with one attached hydrogen (secondary N) is 2. The topological polar surface area (TPSA) is 67.2 Å². The van der Waals surface area contributed by atoms with E-state index in [9.17, 15) is 9.18 Å². The van der Waals surface area contributed by atoms with Crippen LogP contribution in [0.15, 0.2) is 45.9 Å². The lowest BCUT2D eigenvalue weighted by Gasteiger charge is -2.10. The fraction of sp³-hybridized carbons (Fsp3) is 0.0667. The number of aryl methyl sites for hydroxylation is 1. The highest BCUT2D eigenvalue weighted by Gasteiger charge is 2.13. The number of rotatable bonds is 3. The molecular formula is C15H11ClFN3O2S. The summed E-state index contributed by atoms with van der Waals surface area (Å²) in [6.45, 7) is 1.84. The van der Waals surface area contributed by atoms with Crippen LogP contribution in [0.1, 0.15) is 5.56 Å². The molecule has 8 heteroatoms. The van der Waals surface area contributed by atoms with Gasteiger partial charge in [0.2, 0.25) is 0 Å². The van der Waals surface area contributed by atoms with Crippen LogP contribution in [0, 0.1) is 12.7 Å². The van der Waals surface area contributed by atoms with Gasteiger partial charge in [0, 0.05) is 18.0 Å². The zero-order chi connectivity index (χ0) is 16.4. The molecule has 0 fully saturated rings. The standard InChI is InChI=1S/C15H11ClFN3O2S/c1-8-3-2-4-11(16)13(8)18-15(21)20-23-14-10-6-5-9(17)7-12(10)22-19-14/h2-7H,1H3,(H2,18,20,21). The normalized spacial score (nSPS) is 10.7. The predicted molar refractivity (Wildman–Crippen MR) is 88.2 cm³/mol. The number of nitrogens with zero attached hydrogens (tertiary/aromatic N) is 1. The van der Waals surface area contributed by atoms with E-state index in [4.69, 9.17) is 16.1 Å². The van der Waals surface area contributed by atoms with E-state index in [0.29, 0.717) is 26.7 Å². The molecule has 0 unspecified atom stereocenters. The van der Waals surface area contributed by atoms with Gasteiger partial charge in [-0.25, -0.2) is 9.18 Å². The number of anilines is 1. The van der Waals surface area contributed by atoms with Gasteiger partial charge >= 0.3 is 6.03 Å². The molecule has 3 rings (SSSR count). The van der Waals surface area contributed by atoms with Crippen LogP contribution >= 0.6 is 23.5 Å². The summed E-state index contributed by atoms with van der Waals surface area (Å²) in [7, 11) is 0. The van der Waals surface area contributed by atoms with Crippen LogP contribution in [0.25, 0.3) is 11.0 Å². The van der Waals surface area contributed by atoms with E-state index < -0.39 is 11.8 Å². The van der Waals surface area contributed by atoms with Crippen molar-refractivity contribution in [3.63, 3.8) is 0 Å². The third-order valence-electron chi connectivity index (χ3n) is 3.10. The van der Waals surface area contributed by atoms with Crippen molar-refractivity contribution in [3.8, 4) is 0 Å². The fourth-order valence-corrected chi connectivity index (χ4v) is 2.85. The minimum absolute atomic E-state index is 0.316. The molecule has 5 nitrogen and oxygen atoms in total. The molecule has 2 N–H and O–H groups in total. The van der Waals surface area contributed by atoms with Gasteiger partial charge < -0.3 is 9.84 Å². The van der Waals surface area contributed by atoms with E-state index in [-0.39, 0.29) is 0 Å². The van der Waals surface area contributed by atoms with E-state index in [1.807, 2.05) is 13.0 Å². The summed E-state index contributed by atoms with van der Waals surface area (Å²) < 4.78 is 20.7. The van der Waals surface area contributed by atoms with E-state index in [1.54, 1.807) is 18.2 Å². The first-order valence-electron chi connectivity index (χ1n) is 6.58. The Bertz CT molecular complexity index is 864. The Morgan fingerprint density at radius 2 is 2.17 bits per heavy atom. The number of fused-ring (bicyclic) bond motifs is 1. The summed E-state index contributed by atoms with van der Waals surface area (Å²) in [6.07, 6.45) is 0. The molecule has 0 spiro atoms. The number of hydrogen-bond donors (Lipinski definition) is 2. The van der Waals surface area contributed by atoms with Gasteiger partial charge in [0.25, 0.3) is 0 Å². The first-order chi connectivity index (χ1) is 11.0. The molecule has 0 aliphatic carbocycles. The third-order valence-corrected chi connectivity index (χ3v) is 4.19. The molecule has 0 saturated heterocycles. The maximum Gasteiger partial charge on any atom is 0.329 e. The quantitative estimate of drug-likeness (QED) is 0.668. The van der Waals surface area contributed by atoms with Gasteiger partial charge in [0.15, 0.2) is 10.6 Å². The summed E-state index contributed by atoms with van der Waals surface area (Å²) in [6, 6.07) is 8.96. The minimum atomic E-state index is -0.454. The Balaban J connectivity index is 1.69. The van der Waals surface area contributed by atoms with Crippen molar-refractivity contribution < 1.29 is 13.7 Å². The van der Waals surface area contributed by atoms with Crippen LogP contribution in [0.4, 0.5) is 14.9 Å². The van der Waals surface area contributed by atoms with Crippen molar-refractivity contribution in [3.05, 3.63) is 52.8 Å². The lowest BCUT2D eigenvalue weighted by molar-refractivity contribution is 0.257. The highest BCUT2D eigenvalue weighted by atomic mass is 35.5. The summed E-state index contributed by atoms with van der Waals surface area (Å²) in [5, 5.41) is 7.98. The number of urea groups is 1. The lowest BCUT2D eigenvalue weighted by Crippen LogP contribution is -2.23. The Hall–Kier alpha value is -2.25. The van der Waals surface area contributed by atoms with Gasteiger partial charge in [0.1, 0.15) is 5.82 Å². The van der Waals surface area contributed by atoms with Gasteiger partial charge in [-0.2, -0.15) is 0 Å². The van der Waals surface area contributed by atoms with Crippen LogP contribution in [-0.2, 0) is 0 Å². The van der Waals surface area contributed by atoms with Crippen molar-refractivity contribution >= 4 is 46.2 Å². The zero-order valence-electron chi connectivity index (χ0n) is 11.9. The molecule has 118 valence electrons. The zero-order valence-corrected chi connectivity index (χ0v) is 13.5. The number of aromatic nitrogens is 1. The van der Waals surface area contributed by atoms with E-state index in [2.05, 4.69) is 15.2 Å². The molecule has 0 aliphatic heterocycles. The van der Waals surface area contributed by atoms with Gasteiger partial charge in [-0.15, -0.1) is 0 Å². The van der Waals surface area contributed by atoms with Gasteiger partial charge in [-0.1, -0.05) is 28.9 Å². The predicted octanol–water partition coefficient (Wildman–Crippen LogP) is 4.76. The second-order valence-electron chi connectivity index (χ2n) is 4.72. The largest absolute Gasteiger partial charge is 0.355 e. The monoisotopic (exact) mass is 351 g/mol. The van der Waals surface area contributed by atoms with Gasteiger partial charge in [-0.05, 0) is 30.7 Å². The molecule has 3 aromatic rings. The van der Waals surface area contributed by atoms with E-state index in [1.165, 1.54) is 12.1 Å². The van der Waals surface area contributed by atoms with Crippen molar-refractivity contribution in [1.82, 2.24) is 9.88 Å². The van der Waals surface area contributed by atoms with E-state index in [0.717, 1.165) is 17.5 Å². The smallest absolute Gasteiger partial charge is 0.329 e. The Morgan fingerprint density at radius 3 is 2.96 bits per heavy atom. The Morgan fingerprint density at radius 1 is 1.35 bits per heavy atom. The SMILES string of the molecule is Cc1cccc(Cl)c1NC(=O)NSc1noc2cc(F)ccc12. The van der Waals surface area contributed by atoms with Crippen molar-refractivity contribution in [2.24, 2.45) is 0 Å². The Labute approximate surface area is 140 Å². The van der Waals surface area contributed by atoms with E-state index >= 15 is 0 Å². The average Bonchev–Trinajstić information content (AvgIpc) is 2.91. The number of para-hydroxylation sites is 1. The van der Waals surface area contributed by atoms with Crippen LogP contribution in [0.5, 0.6) is 0 Å². The third kappa shape index (κ3) is 3.40. The average molecular weight is 352 g/mol. The number of amides is 2. The van der Waals surface area contributed by atoms with Crippen LogP contribution in [-0.4, -0.2) is 11.2 Å². The number of carbonyl (C=O) groups excluding carboxylic acids is 1. The highest BCUT2D eigenvalue weighted by molar-refractivity contribution is 7.98. The molecule has 0 bridgehead atoms. The fourth-order valence-electron chi connectivity index (χ4n) is 1.99. The second-order valence-corrected chi connectivity index (χ2v) is 5.92. The summed E-state index contributed by atoms with van der Waals surface area (Å²) in [5.74, 6) is -0.412. The first-order valence-corrected chi connectivity index (χ1v) is 7.78. The number of carbonyl (C=O) groups is 1. The van der Waals surface area contributed by atoms with Crippen LogP contribution < -0.4 is 10.0 Å². The molecule has 0 saturated carbocycles. The van der Waals surface area contributed by atoms with Crippen molar-refractivity contribution in [2.75, 3.05) is 5.32 Å². The van der Waals surface area contributed by atoms with Gasteiger partial charge in [0.05, 0.1) is 16.1 Å². The van der Waals surface area contributed by atoms with Crippen molar-refractivity contribution in [1.29, 1.82) is 0 Å². The summed E-state index contributed by atoms with van der Waals surface area (Å²) in [5.41, 5.74) is 1.70. The molecule has 23 heavy (non-hydrogen) atoms. The number of halogens is 2. The molecule has 1 aromatic heterocycles.